The van der Waals surface area contributed by atoms with Crippen molar-refractivity contribution in [3.8, 4) is 22.9 Å². The molecule has 6 heterocycles. The Kier molecular flexibility index (Phi) is 5.78. The second-order valence-corrected chi connectivity index (χ2v) is 12.3. The maximum atomic E-state index is 16.5. The molecule has 4 fully saturated rings. The largest absolute Gasteiger partial charge is 0.461 e. The molecule has 0 amide bonds. The second kappa shape index (κ2) is 9.30. The number of benzene rings is 2. The first-order valence-electron chi connectivity index (χ1n) is 14.4. The van der Waals surface area contributed by atoms with E-state index in [0.29, 0.717) is 51.9 Å². The van der Waals surface area contributed by atoms with E-state index >= 15 is 4.39 Å². The van der Waals surface area contributed by atoms with Gasteiger partial charge in [0.2, 0.25) is 6.35 Å². The molecular formula is C29H33ClFN7O2. The Bertz CT molecular complexity index is 1480. The molecule has 3 aromatic rings. The first-order chi connectivity index (χ1) is 19.5. The van der Waals surface area contributed by atoms with Gasteiger partial charge in [-0.2, -0.15) is 9.97 Å². The highest BCUT2D eigenvalue weighted by atomic mass is 35.5. The molecule has 2 bridgehead atoms. The molecule has 8 rings (SSSR count). The van der Waals surface area contributed by atoms with Gasteiger partial charge in [0.1, 0.15) is 23.7 Å². The fourth-order valence-electron chi connectivity index (χ4n) is 7.58. The highest BCUT2D eigenvalue weighted by molar-refractivity contribution is 6.34. The van der Waals surface area contributed by atoms with Crippen LogP contribution in [-0.2, 0) is 0 Å². The van der Waals surface area contributed by atoms with Crippen LogP contribution in [0.1, 0.15) is 38.5 Å². The number of piperazine rings is 1. The average Bonchev–Trinajstić information content (AvgIpc) is 3.69. The Morgan fingerprint density at radius 2 is 1.90 bits per heavy atom. The van der Waals surface area contributed by atoms with Crippen molar-refractivity contribution in [2.24, 2.45) is 5.73 Å². The molecule has 210 valence electrons. The summed E-state index contributed by atoms with van der Waals surface area (Å²) in [6.45, 7) is 4.34. The van der Waals surface area contributed by atoms with Crippen LogP contribution in [0.3, 0.4) is 0 Å². The van der Waals surface area contributed by atoms with Crippen molar-refractivity contribution in [2.75, 3.05) is 43.0 Å². The van der Waals surface area contributed by atoms with Crippen molar-refractivity contribution in [1.29, 1.82) is 0 Å². The number of ether oxygens (including phenoxy) is 2. The van der Waals surface area contributed by atoms with Gasteiger partial charge in [0.15, 0.2) is 5.82 Å². The molecule has 5 aliphatic heterocycles. The van der Waals surface area contributed by atoms with Gasteiger partial charge in [0.25, 0.3) is 0 Å². The summed E-state index contributed by atoms with van der Waals surface area (Å²) >= 11 is 6.81. The topological polar surface area (TPSA) is 101 Å². The van der Waals surface area contributed by atoms with Gasteiger partial charge in [0, 0.05) is 36.1 Å². The van der Waals surface area contributed by atoms with Gasteiger partial charge >= 0.3 is 6.01 Å². The Balaban J connectivity index is 1.23. The molecule has 3 unspecified atom stereocenters. The number of nitrogens with one attached hydrogen (secondary N) is 2. The Morgan fingerprint density at radius 3 is 2.67 bits per heavy atom. The molecule has 4 saturated heterocycles. The fraction of sp³-hybridized carbons (Fsp3) is 0.517. The molecule has 11 heteroatoms. The van der Waals surface area contributed by atoms with E-state index in [-0.39, 0.29) is 22.6 Å². The van der Waals surface area contributed by atoms with E-state index in [2.05, 4.69) is 25.4 Å². The standard InChI is InChI=1S/C29H33ClFN7O2/c30-20-12-19-25(24(31)23(20)16-3-6-22-21(11-16)34-27(32)40-22)35-28(39-15-29-7-1-9-38(29)10-2-8-29)36-26(19)37-13-17-4-5-18(14-37)33-17/h3,6,11-12,17-18,27,33-34H,1-2,4-5,7-10,13-15,32H2. The molecule has 9 nitrogen and oxygen atoms in total. The predicted octanol–water partition coefficient (Wildman–Crippen LogP) is 4.08. The Labute approximate surface area is 237 Å². The first kappa shape index (κ1) is 24.8. The molecule has 1 aromatic heterocycles. The number of anilines is 2. The summed E-state index contributed by atoms with van der Waals surface area (Å²) in [5, 5.41) is 7.62. The third kappa shape index (κ3) is 3.99. The first-order valence-corrected chi connectivity index (χ1v) is 14.8. The van der Waals surface area contributed by atoms with E-state index in [9.17, 15) is 0 Å². The molecule has 0 spiro atoms. The van der Waals surface area contributed by atoms with Crippen molar-refractivity contribution in [1.82, 2.24) is 20.2 Å². The van der Waals surface area contributed by atoms with E-state index in [1.54, 1.807) is 24.3 Å². The highest BCUT2D eigenvalue weighted by Crippen LogP contribution is 2.43. The molecule has 0 aliphatic carbocycles. The minimum atomic E-state index is -0.637. The van der Waals surface area contributed by atoms with Gasteiger partial charge in [0.05, 0.1) is 16.2 Å². The third-order valence-corrected chi connectivity index (χ3v) is 9.76. The molecule has 5 aliphatic rings. The lowest BCUT2D eigenvalue weighted by Gasteiger charge is -2.35. The monoisotopic (exact) mass is 565 g/mol. The van der Waals surface area contributed by atoms with Crippen molar-refractivity contribution < 1.29 is 13.9 Å². The maximum Gasteiger partial charge on any atom is 0.319 e. The van der Waals surface area contributed by atoms with Crippen LogP contribution in [-0.4, -0.2) is 71.6 Å². The van der Waals surface area contributed by atoms with Gasteiger partial charge in [-0.05, 0) is 75.4 Å². The van der Waals surface area contributed by atoms with Crippen LogP contribution in [0, 0.1) is 5.82 Å². The van der Waals surface area contributed by atoms with Crippen molar-refractivity contribution in [3.63, 3.8) is 0 Å². The van der Waals surface area contributed by atoms with Gasteiger partial charge in [-0.25, -0.2) is 4.39 Å². The van der Waals surface area contributed by atoms with Crippen LogP contribution < -0.4 is 30.7 Å². The average molecular weight is 566 g/mol. The summed E-state index contributed by atoms with van der Waals surface area (Å²) in [7, 11) is 0. The summed E-state index contributed by atoms with van der Waals surface area (Å²) in [6.07, 6.45) is 6.21. The summed E-state index contributed by atoms with van der Waals surface area (Å²) in [4.78, 5) is 14.4. The fourth-order valence-corrected chi connectivity index (χ4v) is 7.88. The second-order valence-electron chi connectivity index (χ2n) is 11.9. The predicted molar refractivity (Wildman–Crippen MR) is 153 cm³/mol. The molecule has 2 aromatic carbocycles. The quantitative estimate of drug-likeness (QED) is 0.422. The minimum Gasteiger partial charge on any atom is -0.461 e. The van der Waals surface area contributed by atoms with Gasteiger partial charge in [-0.3, -0.25) is 10.6 Å². The number of fused-ring (bicyclic) bond motifs is 5. The van der Waals surface area contributed by atoms with E-state index in [1.807, 2.05) is 0 Å². The number of hydrogen-bond donors (Lipinski definition) is 3. The molecule has 0 radical (unpaired) electrons. The van der Waals surface area contributed by atoms with Gasteiger partial charge in [-0.1, -0.05) is 17.7 Å². The zero-order valence-corrected chi connectivity index (χ0v) is 23.0. The summed E-state index contributed by atoms with van der Waals surface area (Å²) in [5.74, 6) is 0.821. The lowest BCUT2D eigenvalue weighted by Crippen LogP contribution is -2.51. The van der Waals surface area contributed by atoms with Crippen LogP contribution in [0.25, 0.3) is 22.0 Å². The van der Waals surface area contributed by atoms with Crippen LogP contribution in [0.15, 0.2) is 24.3 Å². The zero-order chi connectivity index (χ0) is 27.0. The Morgan fingerprint density at radius 1 is 1.12 bits per heavy atom. The van der Waals surface area contributed by atoms with Crippen molar-refractivity contribution in [3.05, 3.63) is 35.1 Å². The van der Waals surface area contributed by atoms with Crippen LogP contribution >= 0.6 is 11.6 Å². The van der Waals surface area contributed by atoms with E-state index in [4.69, 9.17) is 31.8 Å². The number of halogens is 2. The van der Waals surface area contributed by atoms with E-state index in [0.717, 1.165) is 51.9 Å². The molecule has 40 heavy (non-hydrogen) atoms. The molecule has 0 saturated carbocycles. The summed E-state index contributed by atoms with van der Waals surface area (Å²) in [5.41, 5.74) is 7.72. The van der Waals surface area contributed by atoms with E-state index < -0.39 is 12.2 Å². The van der Waals surface area contributed by atoms with E-state index in [1.165, 1.54) is 12.8 Å². The number of nitrogens with zero attached hydrogens (tertiary/aromatic N) is 4. The normalized spacial score (nSPS) is 26.6. The SMILES string of the molecule is NC1Nc2cc(-c3c(Cl)cc4c(N5CC6CCC(C5)N6)nc(OCC56CCCN5CCC6)nc4c3F)ccc2O1. The molecule has 3 atom stereocenters. The number of hydrogen-bond acceptors (Lipinski definition) is 9. The Hall–Kier alpha value is -2.92. The highest BCUT2D eigenvalue weighted by Gasteiger charge is 2.45. The van der Waals surface area contributed by atoms with Crippen molar-refractivity contribution in [2.45, 2.75) is 62.5 Å². The lowest BCUT2D eigenvalue weighted by atomic mass is 9.95. The third-order valence-electron chi connectivity index (χ3n) is 9.46. The van der Waals surface area contributed by atoms with Crippen LogP contribution in [0.4, 0.5) is 15.9 Å². The van der Waals surface area contributed by atoms with Crippen LogP contribution in [0.5, 0.6) is 11.8 Å². The lowest BCUT2D eigenvalue weighted by molar-refractivity contribution is 0.108. The molecular weight excluding hydrogens is 533 g/mol. The van der Waals surface area contributed by atoms with Crippen LogP contribution in [0.2, 0.25) is 5.02 Å². The van der Waals surface area contributed by atoms with Crippen molar-refractivity contribution >= 4 is 34.0 Å². The number of aromatic nitrogens is 2. The number of nitrogens with two attached hydrogens (primary N) is 1. The smallest absolute Gasteiger partial charge is 0.319 e. The molecule has 4 N–H and O–H groups in total. The van der Waals surface area contributed by atoms with Gasteiger partial charge in [-0.15, -0.1) is 0 Å². The number of rotatable bonds is 5. The zero-order valence-electron chi connectivity index (χ0n) is 22.3. The minimum absolute atomic E-state index is 0.0384. The summed E-state index contributed by atoms with van der Waals surface area (Å²) < 4.78 is 28.4. The van der Waals surface area contributed by atoms with Gasteiger partial charge < -0.3 is 25.0 Å². The maximum absolute atomic E-state index is 16.5. The summed E-state index contributed by atoms with van der Waals surface area (Å²) in [6, 6.07) is 8.18.